The first-order valence-corrected chi connectivity index (χ1v) is 9.87. The molecule has 1 N–H and O–H groups in total. The van der Waals surface area contributed by atoms with Crippen molar-refractivity contribution in [2.24, 2.45) is 0 Å². The van der Waals surface area contributed by atoms with E-state index in [2.05, 4.69) is 0 Å². The van der Waals surface area contributed by atoms with Gasteiger partial charge in [-0.15, -0.1) is 0 Å². The van der Waals surface area contributed by atoms with Gasteiger partial charge < -0.3 is 5.11 Å². The number of aromatic carboxylic acids is 1. The van der Waals surface area contributed by atoms with Crippen LogP contribution < -0.4 is 4.31 Å². The zero-order valence-corrected chi connectivity index (χ0v) is 15.9. The van der Waals surface area contributed by atoms with E-state index in [0.29, 0.717) is 4.31 Å². The highest BCUT2D eigenvalue weighted by Gasteiger charge is 2.32. The third-order valence-electron chi connectivity index (χ3n) is 3.90. The molecule has 28 heavy (non-hydrogen) atoms. The Bertz CT molecular complexity index is 1130. The summed E-state index contributed by atoms with van der Waals surface area (Å²) in [6, 6.07) is 19.1. The van der Waals surface area contributed by atoms with Crippen molar-refractivity contribution in [3.05, 3.63) is 95.0 Å². The highest BCUT2D eigenvalue weighted by Crippen LogP contribution is 2.28. The quantitative estimate of drug-likeness (QED) is 0.678. The summed E-state index contributed by atoms with van der Waals surface area (Å²) in [4.78, 5) is 24.0. The van der Waals surface area contributed by atoms with E-state index in [1.807, 2.05) is 0 Å². The largest absolute Gasteiger partial charge is 0.478 e. The van der Waals surface area contributed by atoms with Crippen LogP contribution in [0, 0.1) is 0 Å². The van der Waals surface area contributed by atoms with Crippen molar-refractivity contribution in [1.82, 2.24) is 0 Å². The van der Waals surface area contributed by atoms with Crippen LogP contribution >= 0.6 is 11.6 Å². The minimum Gasteiger partial charge on any atom is -0.478 e. The van der Waals surface area contributed by atoms with Gasteiger partial charge in [-0.1, -0.05) is 48.0 Å². The molecule has 8 heteroatoms. The molecule has 0 fully saturated rings. The molecule has 0 spiro atoms. The lowest BCUT2D eigenvalue weighted by Crippen LogP contribution is -2.37. The predicted molar refractivity (Wildman–Crippen MR) is 105 cm³/mol. The molecule has 0 atom stereocenters. The molecule has 0 radical (unpaired) electrons. The summed E-state index contributed by atoms with van der Waals surface area (Å²) in [5.41, 5.74) is -0.0755. The van der Waals surface area contributed by atoms with E-state index in [1.54, 1.807) is 36.4 Å². The highest BCUT2D eigenvalue weighted by atomic mass is 35.5. The summed E-state index contributed by atoms with van der Waals surface area (Å²) in [5.74, 6) is -2.14. The van der Waals surface area contributed by atoms with Crippen LogP contribution in [-0.4, -0.2) is 25.4 Å². The lowest BCUT2D eigenvalue weighted by Gasteiger charge is -2.23. The number of halogens is 1. The first-order valence-electron chi connectivity index (χ1n) is 8.05. The first kappa shape index (κ1) is 19.6. The van der Waals surface area contributed by atoms with Crippen LogP contribution in [0.3, 0.4) is 0 Å². The summed E-state index contributed by atoms with van der Waals surface area (Å²) in [6.07, 6.45) is 0. The number of carboxylic acids is 1. The maximum atomic E-state index is 13.3. The lowest BCUT2D eigenvalue weighted by atomic mass is 10.2. The first-order chi connectivity index (χ1) is 13.3. The number of carbonyl (C=O) groups excluding carboxylic acids is 1. The minimum absolute atomic E-state index is 0.105. The number of hydrogen-bond acceptors (Lipinski definition) is 4. The van der Waals surface area contributed by atoms with Gasteiger partial charge >= 0.3 is 5.97 Å². The fraction of sp³-hybridized carbons (Fsp3) is 0. The van der Waals surface area contributed by atoms with Gasteiger partial charge in [-0.2, -0.15) is 4.31 Å². The lowest BCUT2D eigenvalue weighted by molar-refractivity contribution is 0.0696. The molecule has 3 rings (SSSR count). The smallest absolute Gasteiger partial charge is 0.337 e. The Hall–Kier alpha value is -3.16. The molecule has 0 aromatic heterocycles. The molecule has 0 aliphatic heterocycles. The van der Waals surface area contributed by atoms with E-state index in [1.165, 1.54) is 36.4 Å². The van der Waals surface area contributed by atoms with E-state index in [0.717, 1.165) is 6.07 Å². The van der Waals surface area contributed by atoms with Crippen molar-refractivity contribution < 1.29 is 23.1 Å². The summed E-state index contributed by atoms with van der Waals surface area (Å²) in [5, 5.41) is 9.13. The van der Waals surface area contributed by atoms with E-state index in [-0.39, 0.29) is 26.7 Å². The van der Waals surface area contributed by atoms with Crippen molar-refractivity contribution in [2.45, 2.75) is 4.90 Å². The minimum atomic E-state index is -4.41. The predicted octanol–water partition coefficient (Wildman–Crippen LogP) is 4.07. The Balaban J connectivity index is 2.19. The van der Waals surface area contributed by atoms with Crippen LogP contribution in [0.1, 0.15) is 20.7 Å². The number of rotatable bonds is 5. The zero-order valence-electron chi connectivity index (χ0n) is 14.3. The van der Waals surface area contributed by atoms with Gasteiger partial charge in [0.25, 0.3) is 15.9 Å². The van der Waals surface area contributed by atoms with Crippen molar-refractivity contribution in [2.75, 3.05) is 4.31 Å². The average molecular weight is 416 g/mol. The van der Waals surface area contributed by atoms with Gasteiger partial charge in [-0.25, -0.2) is 13.2 Å². The number of nitrogens with zero attached hydrogens (tertiary/aromatic N) is 1. The third kappa shape index (κ3) is 3.76. The number of para-hydroxylation sites is 1. The Labute approximate surface area is 166 Å². The van der Waals surface area contributed by atoms with Crippen LogP contribution in [0.4, 0.5) is 5.69 Å². The van der Waals surface area contributed by atoms with E-state index < -0.39 is 21.9 Å². The third-order valence-corrected chi connectivity index (χ3v) is 5.94. The second-order valence-corrected chi connectivity index (χ2v) is 7.92. The Morgan fingerprint density at radius 2 is 1.43 bits per heavy atom. The fourth-order valence-corrected chi connectivity index (χ4v) is 4.20. The van der Waals surface area contributed by atoms with Crippen LogP contribution in [-0.2, 0) is 10.0 Å². The second kappa shape index (κ2) is 7.84. The number of benzene rings is 3. The van der Waals surface area contributed by atoms with Crippen molar-refractivity contribution in [3.8, 4) is 0 Å². The maximum Gasteiger partial charge on any atom is 0.337 e. The highest BCUT2D eigenvalue weighted by molar-refractivity contribution is 7.93. The number of amides is 1. The topological polar surface area (TPSA) is 91.8 Å². The van der Waals surface area contributed by atoms with Crippen LogP contribution in [0.5, 0.6) is 0 Å². The normalized spacial score (nSPS) is 11.0. The van der Waals surface area contributed by atoms with E-state index in [4.69, 9.17) is 11.6 Å². The summed E-state index contributed by atoms with van der Waals surface area (Å²) in [7, 11) is -4.41. The van der Waals surface area contributed by atoms with Crippen molar-refractivity contribution in [3.63, 3.8) is 0 Å². The molecule has 3 aromatic carbocycles. The molecule has 0 saturated heterocycles. The Morgan fingerprint density at radius 3 is 2.00 bits per heavy atom. The van der Waals surface area contributed by atoms with Crippen LogP contribution in [0.15, 0.2) is 83.8 Å². The van der Waals surface area contributed by atoms with Crippen LogP contribution in [0.25, 0.3) is 0 Å². The van der Waals surface area contributed by atoms with Crippen LogP contribution in [0.2, 0.25) is 5.02 Å². The SMILES string of the molecule is O=C(O)c1cc(S(=O)(=O)N(C(=O)c2ccccc2)c2ccccc2)ccc1Cl. The summed E-state index contributed by atoms with van der Waals surface area (Å²) >= 11 is 5.84. The molecular weight excluding hydrogens is 402 g/mol. The van der Waals surface area contributed by atoms with Crippen molar-refractivity contribution in [1.29, 1.82) is 0 Å². The summed E-state index contributed by atoms with van der Waals surface area (Å²) in [6.45, 7) is 0. The number of hydrogen-bond donors (Lipinski definition) is 1. The zero-order chi connectivity index (χ0) is 20.3. The van der Waals surface area contributed by atoms with E-state index >= 15 is 0 Å². The fourth-order valence-electron chi connectivity index (χ4n) is 2.56. The van der Waals surface area contributed by atoms with Gasteiger partial charge in [0.2, 0.25) is 0 Å². The molecule has 0 saturated carbocycles. The van der Waals surface area contributed by atoms with Gasteiger partial charge in [-0.05, 0) is 42.5 Å². The monoisotopic (exact) mass is 415 g/mol. The van der Waals surface area contributed by atoms with Crippen molar-refractivity contribution >= 4 is 39.2 Å². The van der Waals surface area contributed by atoms with Gasteiger partial charge in [0.15, 0.2) is 0 Å². The van der Waals surface area contributed by atoms with Gasteiger partial charge in [0.1, 0.15) is 0 Å². The molecule has 0 aliphatic carbocycles. The molecule has 0 aliphatic rings. The van der Waals surface area contributed by atoms with Gasteiger partial charge in [0.05, 0.1) is 21.2 Å². The molecule has 6 nitrogen and oxygen atoms in total. The maximum absolute atomic E-state index is 13.3. The molecule has 1 amide bonds. The average Bonchev–Trinajstić information content (AvgIpc) is 2.69. The summed E-state index contributed by atoms with van der Waals surface area (Å²) < 4.78 is 27.3. The molecule has 0 bridgehead atoms. The Morgan fingerprint density at radius 1 is 0.857 bits per heavy atom. The van der Waals surface area contributed by atoms with Gasteiger partial charge in [0, 0.05) is 5.56 Å². The molecule has 0 heterocycles. The molecular formula is C20H14ClNO5S. The molecule has 0 unspecified atom stereocenters. The Kier molecular flexibility index (Phi) is 5.48. The molecule has 142 valence electrons. The van der Waals surface area contributed by atoms with Gasteiger partial charge in [-0.3, -0.25) is 4.79 Å². The standard InChI is InChI=1S/C20H14ClNO5S/c21-18-12-11-16(13-17(18)20(24)25)28(26,27)22(15-9-5-2-6-10-15)19(23)14-7-3-1-4-8-14/h1-13H,(H,24,25). The number of anilines is 1. The molecule has 3 aromatic rings. The second-order valence-electron chi connectivity index (χ2n) is 5.72. The number of sulfonamides is 1. The number of carbonyl (C=O) groups is 2. The number of carboxylic acid groups (broad SMARTS) is 1. The van der Waals surface area contributed by atoms with E-state index in [9.17, 15) is 23.1 Å².